The van der Waals surface area contributed by atoms with Gasteiger partial charge in [-0.1, -0.05) is 28.1 Å². The largest absolute Gasteiger partial charge is 0.480 e. The molecule has 0 heterocycles. The molecule has 0 radical (unpaired) electrons. The number of carbonyl (C=O) groups is 1. The van der Waals surface area contributed by atoms with Crippen molar-refractivity contribution < 1.29 is 13.9 Å². The van der Waals surface area contributed by atoms with Gasteiger partial charge in [-0.3, -0.25) is 4.79 Å². The fourth-order valence-corrected chi connectivity index (χ4v) is 2.01. The van der Waals surface area contributed by atoms with Gasteiger partial charge in [-0.15, -0.1) is 0 Å². The van der Waals surface area contributed by atoms with Crippen LogP contribution in [0.1, 0.15) is 5.56 Å². The minimum atomic E-state index is -0.533. The van der Waals surface area contributed by atoms with Gasteiger partial charge in [0, 0.05) is 22.3 Å². The van der Waals surface area contributed by atoms with E-state index in [1.807, 2.05) is 0 Å². The van der Waals surface area contributed by atoms with Crippen LogP contribution in [0.3, 0.4) is 0 Å². The highest BCUT2D eigenvalue weighted by molar-refractivity contribution is 9.10. The van der Waals surface area contributed by atoms with E-state index in [2.05, 4.69) is 21.2 Å². The normalized spacial score (nSPS) is 10.2. The zero-order chi connectivity index (χ0) is 15.2. The van der Waals surface area contributed by atoms with Gasteiger partial charge in [0.25, 0.3) is 5.91 Å². The molecule has 2 aromatic carbocycles. The number of hydrogen-bond acceptors (Lipinski definition) is 3. The van der Waals surface area contributed by atoms with Gasteiger partial charge in [0.15, 0.2) is 18.2 Å². The van der Waals surface area contributed by atoms with Gasteiger partial charge in [-0.05, 0) is 30.3 Å². The summed E-state index contributed by atoms with van der Waals surface area (Å²) in [5.41, 5.74) is 6.67. The highest BCUT2D eigenvalue weighted by Crippen LogP contribution is 2.22. The van der Waals surface area contributed by atoms with Crippen LogP contribution in [0.4, 0.5) is 10.1 Å². The lowest BCUT2D eigenvalue weighted by Gasteiger charge is -2.11. The average molecular weight is 353 g/mol. The second-order valence-corrected chi connectivity index (χ2v) is 5.19. The first kappa shape index (κ1) is 15.5. The van der Waals surface area contributed by atoms with Crippen LogP contribution in [0.25, 0.3) is 0 Å². The molecule has 1 amide bonds. The van der Waals surface area contributed by atoms with Gasteiger partial charge in [-0.25, -0.2) is 4.39 Å². The number of halogens is 2. The van der Waals surface area contributed by atoms with Crippen molar-refractivity contribution in [3.8, 4) is 5.75 Å². The van der Waals surface area contributed by atoms with E-state index in [0.717, 1.165) is 4.47 Å². The molecule has 6 heteroatoms. The van der Waals surface area contributed by atoms with E-state index in [-0.39, 0.29) is 24.8 Å². The number of carbonyl (C=O) groups excluding carboxylic acids is 1. The number of rotatable bonds is 5. The van der Waals surface area contributed by atoms with E-state index in [1.165, 1.54) is 6.07 Å². The lowest BCUT2D eigenvalue weighted by atomic mass is 10.2. The molecule has 0 atom stereocenters. The summed E-state index contributed by atoms with van der Waals surface area (Å²) in [7, 11) is 0. The van der Waals surface area contributed by atoms with E-state index < -0.39 is 5.82 Å². The molecule has 0 saturated carbocycles. The summed E-state index contributed by atoms with van der Waals surface area (Å²) in [6.45, 7) is -0.147. The van der Waals surface area contributed by atoms with E-state index in [0.29, 0.717) is 11.3 Å². The van der Waals surface area contributed by atoms with Gasteiger partial charge in [0.05, 0.1) is 0 Å². The van der Waals surface area contributed by atoms with Crippen LogP contribution < -0.4 is 15.8 Å². The van der Waals surface area contributed by atoms with Crippen LogP contribution in [-0.4, -0.2) is 12.5 Å². The molecule has 0 aliphatic rings. The summed E-state index contributed by atoms with van der Waals surface area (Å²) in [6.07, 6.45) is 0. The molecular weight excluding hydrogens is 339 g/mol. The van der Waals surface area contributed by atoms with Gasteiger partial charge in [0.2, 0.25) is 0 Å². The number of ether oxygens (including phenoxy) is 1. The summed E-state index contributed by atoms with van der Waals surface area (Å²) >= 11 is 3.31. The zero-order valence-corrected chi connectivity index (χ0v) is 12.7. The summed E-state index contributed by atoms with van der Waals surface area (Å²) < 4.78 is 19.8. The van der Waals surface area contributed by atoms with Crippen molar-refractivity contribution in [2.24, 2.45) is 5.73 Å². The molecule has 0 unspecified atom stereocenters. The maximum atomic E-state index is 13.6. The minimum absolute atomic E-state index is 0.0194. The number of para-hydroxylation sites is 1. The molecule has 0 fully saturated rings. The van der Waals surface area contributed by atoms with E-state index in [1.54, 1.807) is 36.4 Å². The molecule has 2 aromatic rings. The fourth-order valence-electron chi connectivity index (χ4n) is 1.74. The number of nitrogens with two attached hydrogens (primary N) is 1. The van der Waals surface area contributed by atoms with E-state index >= 15 is 0 Å². The SMILES string of the molecule is NCc1cccc(F)c1OCC(=O)Nc1ccc(Br)cc1. The molecule has 21 heavy (non-hydrogen) atoms. The third-order valence-electron chi connectivity index (χ3n) is 2.74. The van der Waals surface area contributed by atoms with Gasteiger partial charge >= 0.3 is 0 Å². The Kier molecular flexibility index (Phi) is 5.30. The van der Waals surface area contributed by atoms with Crippen molar-refractivity contribution in [1.82, 2.24) is 0 Å². The second kappa shape index (κ2) is 7.19. The van der Waals surface area contributed by atoms with E-state index in [4.69, 9.17) is 10.5 Å². The Morgan fingerprint density at radius 3 is 2.62 bits per heavy atom. The van der Waals surface area contributed by atoms with Gasteiger partial charge in [0.1, 0.15) is 0 Å². The van der Waals surface area contributed by atoms with Crippen molar-refractivity contribution in [2.75, 3.05) is 11.9 Å². The molecule has 0 aromatic heterocycles. The van der Waals surface area contributed by atoms with Gasteiger partial charge < -0.3 is 15.8 Å². The van der Waals surface area contributed by atoms with Gasteiger partial charge in [-0.2, -0.15) is 0 Å². The molecule has 4 nitrogen and oxygen atoms in total. The van der Waals surface area contributed by atoms with Crippen molar-refractivity contribution in [3.05, 3.63) is 58.3 Å². The average Bonchev–Trinajstić information content (AvgIpc) is 2.48. The van der Waals surface area contributed by atoms with Crippen LogP contribution in [0.2, 0.25) is 0 Å². The Balaban J connectivity index is 1.97. The Bertz CT molecular complexity index is 632. The summed E-state index contributed by atoms with van der Waals surface area (Å²) in [4.78, 5) is 11.8. The van der Waals surface area contributed by atoms with Crippen LogP contribution in [0, 0.1) is 5.82 Å². The molecule has 0 bridgehead atoms. The monoisotopic (exact) mass is 352 g/mol. The summed E-state index contributed by atoms with van der Waals surface area (Å²) in [5.74, 6) is -0.885. The molecule has 2 rings (SSSR count). The lowest BCUT2D eigenvalue weighted by molar-refractivity contribution is -0.118. The first-order valence-electron chi connectivity index (χ1n) is 6.26. The molecule has 110 valence electrons. The maximum absolute atomic E-state index is 13.6. The highest BCUT2D eigenvalue weighted by Gasteiger charge is 2.11. The lowest BCUT2D eigenvalue weighted by Crippen LogP contribution is -2.21. The Morgan fingerprint density at radius 1 is 1.24 bits per heavy atom. The van der Waals surface area contributed by atoms with Crippen LogP contribution in [0.15, 0.2) is 46.9 Å². The van der Waals surface area contributed by atoms with Crippen LogP contribution in [-0.2, 0) is 11.3 Å². The fraction of sp³-hybridized carbons (Fsp3) is 0.133. The first-order chi connectivity index (χ1) is 10.1. The number of anilines is 1. The minimum Gasteiger partial charge on any atom is -0.480 e. The smallest absolute Gasteiger partial charge is 0.262 e. The molecule has 0 saturated heterocycles. The Hall–Kier alpha value is -1.92. The van der Waals surface area contributed by atoms with Crippen LogP contribution >= 0.6 is 15.9 Å². The topological polar surface area (TPSA) is 64.3 Å². The predicted molar refractivity (Wildman–Crippen MR) is 82.6 cm³/mol. The van der Waals surface area contributed by atoms with Crippen molar-refractivity contribution in [3.63, 3.8) is 0 Å². The molecule has 0 aliphatic carbocycles. The zero-order valence-electron chi connectivity index (χ0n) is 11.1. The maximum Gasteiger partial charge on any atom is 0.262 e. The highest BCUT2D eigenvalue weighted by atomic mass is 79.9. The van der Waals surface area contributed by atoms with Crippen LogP contribution in [0.5, 0.6) is 5.75 Å². The second-order valence-electron chi connectivity index (χ2n) is 4.28. The third kappa shape index (κ3) is 4.27. The van der Waals surface area contributed by atoms with Crippen molar-refractivity contribution >= 4 is 27.5 Å². The van der Waals surface area contributed by atoms with Crippen molar-refractivity contribution in [1.29, 1.82) is 0 Å². The van der Waals surface area contributed by atoms with E-state index in [9.17, 15) is 9.18 Å². The molecular formula is C15H14BrFN2O2. The molecule has 0 spiro atoms. The summed E-state index contributed by atoms with van der Waals surface area (Å²) in [6, 6.07) is 11.6. The summed E-state index contributed by atoms with van der Waals surface area (Å²) in [5, 5.41) is 2.66. The first-order valence-corrected chi connectivity index (χ1v) is 7.05. The number of hydrogen-bond donors (Lipinski definition) is 2. The standard InChI is InChI=1S/C15H14BrFN2O2/c16-11-4-6-12(7-5-11)19-14(20)9-21-15-10(8-18)2-1-3-13(15)17/h1-7H,8-9,18H2,(H,19,20). The van der Waals surface area contributed by atoms with Crippen molar-refractivity contribution in [2.45, 2.75) is 6.54 Å². The number of benzene rings is 2. The quantitative estimate of drug-likeness (QED) is 0.868. The predicted octanol–water partition coefficient (Wildman–Crippen LogP) is 3.06. The molecule has 0 aliphatic heterocycles. The Morgan fingerprint density at radius 2 is 1.95 bits per heavy atom. The number of amides is 1. The molecule has 3 N–H and O–H groups in total. The third-order valence-corrected chi connectivity index (χ3v) is 3.27. The number of nitrogens with one attached hydrogen (secondary N) is 1. The Labute approximate surface area is 130 Å².